The Balaban J connectivity index is 2.07. The summed E-state index contributed by atoms with van der Waals surface area (Å²) in [5, 5.41) is 3.29. The van der Waals surface area contributed by atoms with Crippen molar-refractivity contribution in [2.24, 2.45) is 17.4 Å². The SMILES string of the molecule is NC=C(c1nc2c(C(N)=O)cc(F)cc2[nH]1)C1CCNCC1. The van der Waals surface area contributed by atoms with E-state index in [-0.39, 0.29) is 11.5 Å². The Morgan fingerprint density at radius 2 is 2.09 bits per heavy atom. The van der Waals surface area contributed by atoms with E-state index in [9.17, 15) is 9.18 Å². The van der Waals surface area contributed by atoms with Crippen LogP contribution in [0.15, 0.2) is 18.3 Å². The fraction of sp³-hybridized carbons (Fsp3) is 0.333. The molecule has 1 aliphatic rings. The molecule has 22 heavy (non-hydrogen) atoms. The lowest BCUT2D eigenvalue weighted by atomic mass is 9.90. The van der Waals surface area contributed by atoms with E-state index in [0.29, 0.717) is 16.9 Å². The molecule has 0 saturated carbocycles. The van der Waals surface area contributed by atoms with Gasteiger partial charge < -0.3 is 21.8 Å². The molecule has 3 rings (SSSR count). The molecule has 6 nitrogen and oxygen atoms in total. The van der Waals surface area contributed by atoms with Crippen LogP contribution in [0.25, 0.3) is 16.6 Å². The van der Waals surface area contributed by atoms with E-state index >= 15 is 0 Å². The zero-order chi connectivity index (χ0) is 15.7. The maximum Gasteiger partial charge on any atom is 0.251 e. The minimum Gasteiger partial charge on any atom is -0.404 e. The van der Waals surface area contributed by atoms with Gasteiger partial charge in [-0.3, -0.25) is 4.79 Å². The number of imidazole rings is 1. The van der Waals surface area contributed by atoms with Gasteiger partial charge in [0.05, 0.1) is 11.1 Å². The molecule has 1 aromatic carbocycles. The van der Waals surface area contributed by atoms with E-state index in [1.54, 1.807) is 0 Å². The van der Waals surface area contributed by atoms with Gasteiger partial charge in [-0.1, -0.05) is 0 Å². The molecule has 0 bridgehead atoms. The highest BCUT2D eigenvalue weighted by atomic mass is 19.1. The van der Waals surface area contributed by atoms with Crippen molar-refractivity contribution >= 4 is 22.5 Å². The van der Waals surface area contributed by atoms with Crippen molar-refractivity contribution in [1.29, 1.82) is 0 Å². The number of carbonyl (C=O) groups is 1. The average Bonchev–Trinajstić information content (AvgIpc) is 2.91. The van der Waals surface area contributed by atoms with Gasteiger partial charge in [0.15, 0.2) is 0 Å². The number of halogens is 1. The van der Waals surface area contributed by atoms with E-state index in [4.69, 9.17) is 11.5 Å². The fourth-order valence-corrected chi connectivity index (χ4v) is 2.95. The summed E-state index contributed by atoms with van der Waals surface area (Å²) in [6, 6.07) is 2.40. The van der Waals surface area contributed by atoms with Gasteiger partial charge in [-0.25, -0.2) is 9.37 Å². The number of nitrogens with zero attached hydrogens (tertiary/aromatic N) is 1. The van der Waals surface area contributed by atoms with Gasteiger partial charge in [0.2, 0.25) is 0 Å². The molecule has 0 unspecified atom stereocenters. The van der Waals surface area contributed by atoms with Gasteiger partial charge in [-0.05, 0) is 44.0 Å². The predicted molar refractivity (Wildman–Crippen MR) is 82.3 cm³/mol. The van der Waals surface area contributed by atoms with Crippen molar-refractivity contribution in [3.05, 3.63) is 35.5 Å². The number of aromatic amines is 1. The third kappa shape index (κ3) is 2.55. The van der Waals surface area contributed by atoms with E-state index < -0.39 is 11.7 Å². The van der Waals surface area contributed by atoms with E-state index in [2.05, 4.69) is 15.3 Å². The molecule has 2 aromatic rings. The number of hydrogen-bond acceptors (Lipinski definition) is 4. The third-order valence-corrected chi connectivity index (χ3v) is 4.05. The Hall–Kier alpha value is -2.41. The van der Waals surface area contributed by atoms with Gasteiger partial charge >= 0.3 is 0 Å². The Kier molecular flexibility index (Phi) is 3.81. The standard InChI is InChI=1S/C15H18FN5O/c16-9-5-10(14(18)22)13-12(6-9)20-15(21-13)11(7-17)8-1-3-19-4-2-8/h5-8,19H,1-4,17H2,(H2,18,22)(H,20,21). The van der Waals surface area contributed by atoms with Gasteiger partial charge in [0.1, 0.15) is 17.2 Å². The normalized spacial score (nSPS) is 17.0. The molecule has 1 saturated heterocycles. The van der Waals surface area contributed by atoms with Crippen LogP contribution in [0.5, 0.6) is 0 Å². The number of aromatic nitrogens is 2. The van der Waals surface area contributed by atoms with Crippen molar-refractivity contribution in [2.45, 2.75) is 12.8 Å². The van der Waals surface area contributed by atoms with Crippen LogP contribution >= 0.6 is 0 Å². The first-order chi connectivity index (χ1) is 10.6. The number of fused-ring (bicyclic) bond motifs is 1. The fourth-order valence-electron chi connectivity index (χ4n) is 2.95. The average molecular weight is 303 g/mol. The number of carbonyl (C=O) groups excluding carboxylic acids is 1. The van der Waals surface area contributed by atoms with E-state index in [1.807, 2.05) is 0 Å². The van der Waals surface area contributed by atoms with Gasteiger partial charge in [-0.15, -0.1) is 0 Å². The van der Waals surface area contributed by atoms with E-state index in [1.165, 1.54) is 12.3 Å². The molecular formula is C15H18FN5O. The number of H-pyrrole nitrogens is 1. The smallest absolute Gasteiger partial charge is 0.251 e. The van der Waals surface area contributed by atoms with Crippen LogP contribution in [-0.4, -0.2) is 29.0 Å². The van der Waals surface area contributed by atoms with Crippen molar-refractivity contribution < 1.29 is 9.18 Å². The quantitative estimate of drug-likeness (QED) is 0.680. The minimum atomic E-state index is -0.706. The number of nitrogens with two attached hydrogens (primary N) is 2. The first-order valence-electron chi connectivity index (χ1n) is 7.22. The predicted octanol–water partition coefficient (Wildman–Crippen LogP) is 1.10. The first-order valence-corrected chi connectivity index (χ1v) is 7.22. The number of allylic oxidation sites excluding steroid dienone is 1. The number of amides is 1. The van der Waals surface area contributed by atoms with Crippen molar-refractivity contribution in [3.63, 3.8) is 0 Å². The molecule has 2 heterocycles. The molecule has 0 radical (unpaired) electrons. The Labute approximate surface area is 126 Å². The van der Waals surface area contributed by atoms with Crippen LogP contribution in [-0.2, 0) is 0 Å². The molecule has 1 aliphatic heterocycles. The highest BCUT2D eigenvalue weighted by Crippen LogP contribution is 2.30. The number of piperidine rings is 1. The van der Waals surface area contributed by atoms with Crippen molar-refractivity contribution in [2.75, 3.05) is 13.1 Å². The highest BCUT2D eigenvalue weighted by Gasteiger charge is 2.22. The van der Waals surface area contributed by atoms with Crippen molar-refractivity contribution in [3.8, 4) is 0 Å². The summed E-state index contributed by atoms with van der Waals surface area (Å²) in [7, 11) is 0. The maximum absolute atomic E-state index is 13.6. The summed E-state index contributed by atoms with van der Waals surface area (Å²) >= 11 is 0. The maximum atomic E-state index is 13.6. The van der Waals surface area contributed by atoms with Crippen LogP contribution in [0.2, 0.25) is 0 Å². The van der Waals surface area contributed by atoms with Gasteiger partial charge in [-0.2, -0.15) is 0 Å². The molecule has 1 fully saturated rings. The Bertz CT molecular complexity index is 746. The number of benzene rings is 1. The summed E-state index contributed by atoms with van der Waals surface area (Å²) in [5.41, 5.74) is 12.8. The summed E-state index contributed by atoms with van der Waals surface area (Å²) < 4.78 is 13.6. The summed E-state index contributed by atoms with van der Waals surface area (Å²) in [6.45, 7) is 1.84. The summed E-state index contributed by atoms with van der Waals surface area (Å²) in [6.07, 6.45) is 3.45. The summed E-state index contributed by atoms with van der Waals surface area (Å²) in [5.74, 6) is -0.384. The third-order valence-electron chi connectivity index (χ3n) is 4.05. The van der Waals surface area contributed by atoms with Crippen LogP contribution < -0.4 is 16.8 Å². The molecular weight excluding hydrogens is 285 g/mol. The van der Waals surface area contributed by atoms with Crippen LogP contribution in [0.3, 0.4) is 0 Å². The van der Waals surface area contributed by atoms with Gasteiger partial charge in [0, 0.05) is 11.8 Å². The Morgan fingerprint density at radius 1 is 1.36 bits per heavy atom. The number of primary amides is 1. The molecule has 1 amide bonds. The van der Waals surface area contributed by atoms with Crippen LogP contribution in [0.1, 0.15) is 29.0 Å². The second kappa shape index (κ2) is 5.76. The lowest BCUT2D eigenvalue weighted by molar-refractivity contribution is 0.100. The molecule has 0 atom stereocenters. The monoisotopic (exact) mass is 303 g/mol. The largest absolute Gasteiger partial charge is 0.404 e. The van der Waals surface area contributed by atoms with Gasteiger partial charge in [0.25, 0.3) is 5.91 Å². The minimum absolute atomic E-state index is 0.0687. The number of hydrogen-bond donors (Lipinski definition) is 4. The number of nitrogens with one attached hydrogen (secondary N) is 2. The van der Waals surface area contributed by atoms with Crippen LogP contribution in [0.4, 0.5) is 4.39 Å². The highest BCUT2D eigenvalue weighted by molar-refractivity contribution is 6.04. The first kappa shape index (κ1) is 14.5. The molecule has 116 valence electrons. The molecule has 6 N–H and O–H groups in total. The molecule has 7 heteroatoms. The zero-order valence-corrected chi connectivity index (χ0v) is 12.0. The van der Waals surface area contributed by atoms with Crippen LogP contribution in [0, 0.1) is 11.7 Å². The second-order valence-corrected chi connectivity index (χ2v) is 5.45. The zero-order valence-electron chi connectivity index (χ0n) is 12.0. The lowest BCUT2D eigenvalue weighted by Crippen LogP contribution is -2.28. The van der Waals surface area contributed by atoms with E-state index in [0.717, 1.165) is 37.6 Å². The molecule has 0 aliphatic carbocycles. The Morgan fingerprint density at radius 3 is 2.73 bits per heavy atom. The van der Waals surface area contributed by atoms with Crippen molar-refractivity contribution in [1.82, 2.24) is 15.3 Å². The summed E-state index contributed by atoms with van der Waals surface area (Å²) in [4.78, 5) is 19.0. The number of rotatable bonds is 3. The molecule has 0 spiro atoms. The lowest BCUT2D eigenvalue weighted by Gasteiger charge is -2.23. The molecule has 1 aromatic heterocycles. The topological polar surface area (TPSA) is 110 Å². The second-order valence-electron chi connectivity index (χ2n) is 5.45.